The van der Waals surface area contributed by atoms with E-state index in [1.54, 1.807) is 24.5 Å². The van der Waals surface area contributed by atoms with Crippen molar-refractivity contribution < 1.29 is 9.53 Å². The van der Waals surface area contributed by atoms with Crippen LogP contribution in [0.2, 0.25) is 0 Å². The van der Waals surface area contributed by atoms with Gasteiger partial charge in [-0.2, -0.15) is 0 Å². The van der Waals surface area contributed by atoms with E-state index in [0.717, 1.165) is 11.1 Å². The van der Waals surface area contributed by atoms with Gasteiger partial charge in [-0.3, -0.25) is 4.79 Å². The van der Waals surface area contributed by atoms with Gasteiger partial charge in [-0.05, 0) is 37.8 Å². The first-order valence-electron chi connectivity index (χ1n) is 5.92. The first-order chi connectivity index (χ1) is 9.35. The number of ketones is 1. The summed E-state index contributed by atoms with van der Waals surface area (Å²) in [7, 11) is 0. The molecule has 0 radical (unpaired) electrons. The molecule has 3 heteroatoms. The fraction of sp³-hybridized carbons (Fsp3) is 0.235. The zero-order valence-corrected chi connectivity index (χ0v) is 13.0. The summed E-state index contributed by atoms with van der Waals surface area (Å²) >= 11 is 1.32. The highest BCUT2D eigenvalue weighted by atomic mass is 32.2. The summed E-state index contributed by atoms with van der Waals surface area (Å²) in [6, 6.07) is 0. The average Bonchev–Trinajstić information content (AvgIpc) is 2.39. The van der Waals surface area contributed by atoms with Crippen molar-refractivity contribution in [2.45, 2.75) is 19.3 Å². The maximum atomic E-state index is 11.3. The summed E-state index contributed by atoms with van der Waals surface area (Å²) in [5.41, 5.74) is 1.68. The summed E-state index contributed by atoms with van der Waals surface area (Å²) in [5, 5.41) is 0. The zero-order valence-electron chi connectivity index (χ0n) is 12.2. The number of carbonyl (C=O) groups excluding carboxylic acids is 1. The number of allylic oxidation sites excluding steroid dienone is 6. The molecule has 0 amide bonds. The van der Waals surface area contributed by atoms with E-state index in [0.29, 0.717) is 11.3 Å². The Hall–Kier alpha value is -1.92. The van der Waals surface area contributed by atoms with Crippen molar-refractivity contribution >= 4 is 17.5 Å². The first kappa shape index (κ1) is 18.1. The Labute approximate surface area is 126 Å². The summed E-state index contributed by atoms with van der Waals surface area (Å²) in [4.78, 5) is 11.3. The molecule has 0 fully saturated rings. The Morgan fingerprint density at radius 2 is 1.95 bits per heavy atom. The maximum Gasteiger partial charge on any atom is 0.202 e. The van der Waals surface area contributed by atoms with Crippen molar-refractivity contribution in [2.75, 3.05) is 6.26 Å². The number of hydrogen-bond acceptors (Lipinski definition) is 3. The molecule has 0 bridgehead atoms. The van der Waals surface area contributed by atoms with Gasteiger partial charge in [0, 0.05) is 5.57 Å². The van der Waals surface area contributed by atoms with Crippen LogP contribution in [-0.2, 0) is 9.53 Å². The number of Topliss-reactive ketones (excluding diaryl/α,β-unsaturated/α-hetero) is 1. The number of terminal acetylenes is 1. The lowest BCUT2D eigenvalue weighted by molar-refractivity contribution is -0.121. The van der Waals surface area contributed by atoms with Crippen molar-refractivity contribution in [1.82, 2.24) is 0 Å². The Balaban J connectivity index is 5.22. The molecule has 0 saturated carbocycles. The Morgan fingerprint density at radius 3 is 2.30 bits per heavy atom. The molecule has 106 valence electrons. The molecule has 0 aromatic rings. The lowest BCUT2D eigenvalue weighted by atomic mass is 10.1. The summed E-state index contributed by atoms with van der Waals surface area (Å²) in [6.45, 7) is 14.6. The number of thioether (sulfide) groups is 1. The largest absolute Gasteiger partial charge is 0.473 e. The van der Waals surface area contributed by atoms with Gasteiger partial charge in [0.1, 0.15) is 5.76 Å². The van der Waals surface area contributed by atoms with Gasteiger partial charge in [0.25, 0.3) is 0 Å². The molecule has 0 heterocycles. The van der Waals surface area contributed by atoms with E-state index >= 15 is 0 Å². The predicted octanol–water partition coefficient (Wildman–Crippen LogP) is 4.04. The molecule has 20 heavy (non-hydrogen) atoms. The Kier molecular flexibility index (Phi) is 8.19. The van der Waals surface area contributed by atoms with Gasteiger partial charge < -0.3 is 4.74 Å². The normalized spacial score (nSPS) is 13.1. The number of ether oxygens (including phenoxy) is 1. The lowest BCUT2D eigenvalue weighted by Gasteiger charge is -2.14. The van der Waals surface area contributed by atoms with Crippen LogP contribution in [0.1, 0.15) is 13.8 Å². The second kappa shape index (κ2) is 9.06. The summed E-state index contributed by atoms with van der Waals surface area (Å²) in [6.07, 6.45) is 12.2. The average molecular weight is 288 g/mol. The quantitative estimate of drug-likeness (QED) is 0.292. The van der Waals surface area contributed by atoms with Gasteiger partial charge in [-0.25, -0.2) is 0 Å². The molecule has 2 nitrogen and oxygen atoms in total. The van der Waals surface area contributed by atoms with Crippen LogP contribution in [-0.4, -0.2) is 17.5 Å². The molecular weight excluding hydrogens is 268 g/mol. The third kappa shape index (κ3) is 6.31. The molecule has 0 N–H and O–H groups in total. The second-order valence-corrected chi connectivity index (χ2v) is 4.99. The lowest BCUT2D eigenvalue weighted by Crippen LogP contribution is -2.16. The molecule has 0 spiro atoms. The van der Waals surface area contributed by atoms with Crippen LogP contribution in [0.3, 0.4) is 0 Å². The van der Waals surface area contributed by atoms with Gasteiger partial charge in [0.05, 0.1) is 0 Å². The maximum absolute atomic E-state index is 11.3. The third-order valence-electron chi connectivity index (χ3n) is 2.31. The minimum atomic E-state index is -0.555. The van der Waals surface area contributed by atoms with E-state index < -0.39 is 5.44 Å². The standard InChI is InChI=1S/C17H20O2S/c1-8-15(9-2)11-16(12(3)4)10-13(5)19-17(20-7)14(6)18/h1,9-11,17H,2-3,5H2,4,6-7H3/b15-11-,16-10-. The Bertz CT molecular complexity index is 516. The minimum absolute atomic E-state index is 0.0603. The van der Waals surface area contributed by atoms with Gasteiger partial charge in [-0.15, -0.1) is 18.2 Å². The van der Waals surface area contributed by atoms with E-state index in [1.807, 2.05) is 6.92 Å². The smallest absolute Gasteiger partial charge is 0.202 e. The molecule has 0 aliphatic heterocycles. The van der Waals surface area contributed by atoms with Crippen molar-refractivity contribution in [3.63, 3.8) is 0 Å². The Morgan fingerprint density at radius 1 is 1.35 bits per heavy atom. The van der Waals surface area contributed by atoms with Crippen molar-refractivity contribution in [3.8, 4) is 12.3 Å². The van der Waals surface area contributed by atoms with Crippen LogP contribution in [0, 0.1) is 12.3 Å². The third-order valence-corrected chi connectivity index (χ3v) is 3.17. The van der Waals surface area contributed by atoms with Gasteiger partial charge in [0.15, 0.2) is 5.78 Å². The first-order valence-corrected chi connectivity index (χ1v) is 7.21. The van der Waals surface area contributed by atoms with Crippen molar-refractivity contribution in [2.24, 2.45) is 0 Å². The van der Waals surface area contributed by atoms with E-state index in [1.165, 1.54) is 18.7 Å². The SMILES string of the molecule is C#C/C(C=C)=C/C(=C/C(=C)OC(SC)C(C)=O)C(=C)C. The van der Waals surface area contributed by atoms with E-state index in [-0.39, 0.29) is 5.78 Å². The molecule has 0 aliphatic carbocycles. The van der Waals surface area contributed by atoms with Crippen LogP contribution < -0.4 is 0 Å². The number of hydrogen-bond donors (Lipinski definition) is 0. The molecule has 1 atom stereocenters. The van der Waals surface area contributed by atoms with Gasteiger partial charge in [-0.1, -0.05) is 37.3 Å². The van der Waals surface area contributed by atoms with E-state index in [9.17, 15) is 4.79 Å². The molecule has 0 aliphatic rings. The number of rotatable bonds is 8. The summed E-state index contributed by atoms with van der Waals surface area (Å²) < 4.78 is 5.49. The van der Waals surface area contributed by atoms with Crippen LogP contribution in [0.15, 0.2) is 60.4 Å². The molecule has 0 saturated heterocycles. The fourth-order valence-corrected chi connectivity index (χ4v) is 1.81. The van der Waals surface area contributed by atoms with Crippen LogP contribution in [0.25, 0.3) is 0 Å². The number of carbonyl (C=O) groups is 1. The topological polar surface area (TPSA) is 26.3 Å². The molecule has 0 rings (SSSR count). The van der Waals surface area contributed by atoms with Crippen molar-refractivity contribution in [3.05, 3.63) is 60.4 Å². The highest BCUT2D eigenvalue weighted by Gasteiger charge is 2.14. The van der Waals surface area contributed by atoms with E-state index in [4.69, 9.17) is 11.2 Å². The summed E-state index contributed by atoms with van der Waals surface area (Å²) in [5.74, 6) is 2.84. The highest BCUT2D eigenvalue weighted by Crippen LogP contribution is 2.18. The van der Waals surface area contributed by atoms with Crippen LogP contribution >= 0.6 is 11.8 Å². The van der Waals surface area contributed by atoms with E-state index in [2.05, 4.69) is 25.7 Å². The highest BCUT2D eigenvalue weighted by molar-refractivity contribution is 7.99. The van der Waals surface area contributed by atoms with Crippen LogP contribution in [0.5, 0.6) is 0 Å². The monoisotopic (exact) mass is 288 g/mol. The fourth-order valence-electron chi connectivity index (χ4n) is 1.26. The molecule has 0 aromatic carbocycles. The van der Waals surface area contributed by atoms with Gasteiger partial charge >= 0.3 is 0 Å². The van der Waals surface area contributed by atoms with Crippen LogP contribution in [0.4, 0.5) is 0 Å². The molecule has 1 unspecified atom stereocenters. The molecule has 0 aromatic heterocycles. The van der Waals surface area contributed by atoms with Gasteiger partial charge in [0.2, 0.25) is 5.44 Å². The predicted molar refractivity (Wildman–Crippen MR) is 88.2 cm³/mol. The van der Waals surface area contributed by atoms with Crippen molar-refractivity contribution in [1.29, 1.82) is 0 Å². The minimum Gasteiger partial charge on any atom is -0.473 e. The second-order valence-electron chi connectivity index (χ2n) is 4.09. The molecular formula is C17H20O2S. The zero-order chi connectivity index (χ0) is 15.7.